The fourth-order valence-electron chi connectivity index (χ4n) is 3.12. The first-order valence-corrected chi connectivity index (χ1v) is 9.97. The van der Waals surface area contributed by atoms with Gasteiger partial charge in [0.15, 0.2) is 6.10 Å². The SMILES string of the molecule is COC(=O)c1ccc(N2CCCC2)c(NC(=O)C(C)Oc2ccc(Br)cc2)c1. The van der Waals surface area contributed by atoms with Crippen molar-refractivity contribution in [3.63, 3.8) is 0 Å². The van der Waals surface area contributed by atoms with Crippen LogP contribution >= 0.6 is 15.9 Å². The number of amides is 1. The second-order valence-electron chi connectivity index (χ2n) is 6.62. The minimum atomic E-state index is -0.700. The summed E-state index contributed by atoms with van der Waals surface area (Å²) in [5.74, 6) is -0.123. The first-order valence-electron chi connectivity index (χ1n) is 9.18. The number of halogens is 1. The summed E-state index contributed by atoms with van der Waals surface area (Å²) in [7, 11) is 1.34. The summed E-state index contributed by atoms with van der Waals surface area (Å²) in [6, 6.07) is 12.5. The van der Waals surface area contributed by atoms with Crippen LogP contribution in [0.3, 0.4) is 0 Å². The van der Waals surface area contributed by atoms with Crippen LogP contribution in [0.1, 0.15) is 30.1 Å². The number of ether oxygens (including phenoxy) is 2. The monoisotopic (exact) mass is 446 g/mol. The summed E-state index contributed by atoms with van der Waals surface area (Å²) in [6.45, 7) is 3.54. The van der Waals surface area contributed by atoms with Gasteiger partial charge in [0.1, 0.15) is 5.75 Å². The number of rotatable bonds is 6. The molecule has 1 N–H and O–H groups in total. The molecule has 148 valence electrons. The van der Waals surface area contributed by atoms with E-state index in [1.54, 1.807) is 31.2 Å². The molecule has 0 bridgehead atoms. The van der Waals surface area contributed by atoms with Gasteiger partial charge in [0, 0.05) is 17.6 Å². The number of hydrogen-bond acceptors (Lipinski definition) is 5. The summed E-state index contributed by atoms with van der Waals surface area (Å²) in [4.78, 5) is 26.8. The molecule has 1 saturated heterocycles. The van der Waals surface area contributed by atoms with Crippen molar-refractivity contribution in [3.8, 4) is 5.75 Å². The van der Waals surface area contributed by atoms with E-state index in [1.165, 1.54) is 7.11 Å². The van der Waals surface area contributed by atoms with Crippen molar-refractivity contribution < 1.29 is 19.1 Å². The van der Waals surface area contributed by atoms with Gasteiger partial charge in [0.25, 0.3) is 5.91 Å². The summed E-state index contributed by atoms with van der Waals surface area (Å²) in [5, 5.41) is 2.92. The minimum Gasteiger partial charge on any atom is -0.481 e. The van der Waals surface area contributed by atoms with Crippen molar-refractivity contribution in [1.82, 2.24) is 0 Å². The van der Waals surface area contributed by atoms with Crippen LogP contribution in [0, 0.1) is 0 Å². The lowest BCUT2D eigenvalue weighted by molar-refractivity contribution is -0.122. The van der Waals surface area contributed by atoms with Gasteiger partial charge in [0.05, 0.1) is 24.0 Å². The quantitative estimate of drug-likeness (QED) is 0.671. The van der Waals surface area contributed by atoms with Crippen LogP contribution in [0.2, 0.25) is 0 Å². The van der Waals surface area contributed by atoms with Gasteiger partial charge in [-0.25, -0.2) is 4.79 Å². The maximum atomic E-state index is 12.7. The van der Waals surface area contributed by atoms with Gasteiger partial charge in [-0.1, -0.05) is 15.9 Å². The molecule has 1 heterocycles. The zero-order valence-corrected chi connectivity index (χ0v) is 17.5. The summed E-state index contributed by atoms with van der Waals surface area (Å²) in [5.41, 5.74) is 1.87. The van der Waals surface area contributed by atoms with Gasteiger partial charge in [0.2, 0.25) is 0 Å². The molecule has 0 saturated carbocycles. The molecule has 2 aromatic rings. The molecule has 7 heteroatoms. The van der Waals surface area contributed by atoms with Gasteiger partial charge >= 0.3 is 5.97 Å². The number of carbonyl (C=O) groups is 2. The number of carbonyl (C=O) groups excluding carboxylic acids is 2. The van der Waals surface area contributed by atoms with Crippen LogP contribution in [0.4, 0.5) is 11.4 Å². The van der Waals surface area contributed by atoms with Crippen LogP contribution < -0.4 is 15.0 Å². The van der Waals surface area contributed by atoms with E-state index in [1.807, 2.05) is 18.2 Å². The third kappa shape index (κ3) is 4.84. The Labute approximate surface area is 172 Å². The Morgan fingerprint density at radius 3 is 2.43 bits per heavy atom. The van der Waals surface area contributed by atoms with Crippen LogP contribution in [-0.4, -0.2) is 38.2 Å². The maximum Gasteiger partial charge on any atom is 0.337 e. The Hall–Kier alpha value is -2.54. The molecule has 1 atom stereocenters. The highest BCUT2D eigenvalue weighted by atomic mass is 79.9. The highest BCUT2D eigenvalue weighted by Crippen LogP contribution is 2.30. The molecule has 1 fully saturated rings. The number of nitrogens with one attached hydrogen (secondary N) is 1. The van der Waals surface area contributed by atoms with Crippen molar-refractivity contribution in [2.45, 2.75) is 25.9 Å². The smallest absolute Gasteiger partial charge is 0.337 e. The van der Waals surface area contributed by atoms with E-state index >= 15 is 0 Å². The molecule has 2 aromatic carbocycles. The Kier molecular flexibility index (Phi) is 6.57. The van der Waals surface area contributed by atoms with E-state index in [-0.39, 0.29) is 5.91 Å². The Morgan fingerprint density at radius 1 is 1.11 bits per heavy atom. The molecular formula is C21H23BrN2O4. The summed E-state index contributed by atoms with van der Waals surface area (Å²) in [6.07, 6.45) is 1.51. The average Bonchev–Trinajstić information content (AvgIpc) is 3.23. The van der Waals surface area contributed by atoms with Crippen LogP contribution in [0.25, 0.3) is 0 Å². The van der Waals surface area contributed by atoms with Crippen molar-refractivity contribution in [2.75, 3.05) is 30.4 Å². The summed E-state index contributed by atoms with van der Waals surface area (Å²) < 4.78 is 11.5. The van der Waals surface area contributed by atoms with Gasteiger partial charge < -0.3 is 19.7 Å². The Bertz CT molecular complexity index is 848. The first kappa shape index (κ1) is 20.2. The third-order valence-corrected chi connectivity index (χ3v) is 5.15. The molecule has 3 rings (SSSR count). The van der Waals surface area contributed by atoms with E-state index in [2.05, 4.69) is 26.1 Å². The van der Waals surface area contributed by atoms with E-state index in [4.69, 9.17) is 9.47 Å². The van der Waals surface area contributed by atoms with E-state index in [0.29, 0.717) is 17.0 Å². The molecule has 1 amide bonds. The maximum absolute atomic E-state index is 12.7. The highest BCUT2D eigenvalue weighted by Gasteiger charge is 2.21. The number of methoxy groups -OCH3 is 1. The highest BCUT2D eigenvalue weighted by molar-refractivity contribution is 9.10. The predicted octanol–water partition coefficient (Wildman–Crippen LogP) is 4.24. The van der Waals surface area contributed by atoms with Gasteiger partial charge in [-0.05, 0) is 62.2 Å². The fraction of sp³-hybridized carbons (Fsp3) is 0.333. The lowest BCUT2D eigenvalue weighted by atomic mass is 10.1. The zero-order valence-electron chi connectivity index (χ0n) is 15.9. The van der Waals surface area contributed by atoms with E-state index < -0.39 is 12.1 Å². The van der Waals surface area contributed by atoms with Gasteiger partial charge in [-0.15, -0.1) is 0 Å². The second kappa shape index (κ2) is 9.10. The average molecular weight is 447 g/mol. The standard InChI is InChI=1S/C21H23BrN2O4/c1-14(28-17-8-6-16(22)7-9-17)20(25)23-18-13-15(21(26)27-2)5-10-19(18)24-11-3-4-12-24/h5-10,13-14H,3-4,11-12H2,1-2H3,(H,23,25). The third-order valence-electron chi connectivity index (χ3n) is 4.62. The van der Waals surface area contributed by atoms with Crippen molar-refractivity contribution in [1.29, 1.82) is 0 Å². The van der Waals surface area contributed by atoms with Crippen molar-refractivity contribution in [3.05, 3.63) is 52.5 Å². The molecule has 6 nitrogen and oxygen atoms in total. The van der Waals surface area contributed by atoms with Crippen LogP contribution in [-0.2, 0) is 9.53 Å². The molecule has 28 heavy (non-hydrogen) atoms. The Balaban J connectivity index is 1.78. The molecule has 1 aliphatic heterocycles. The lowest BCUT2D eigenvalue weighted by Crippen LogP contribution is -2.31. The molecular weight excluding hydrogens is 424 g/mol. The Morgan fingerprint density at radius 2 is 1.79 bits per heavy atom. The van der Waals surface area contributed by atoms with Crippen molar-refractivity contribution in [2.24, 2.45) is 0 Å². The number of esters is 1. The second-order valence-corrected chi connectivity index (χ2v) is 7.54. The molecule has 0 aliphatic carbocycles. The molecule has 0 radical (unpaired) electrons. The normalized spacial score (nSPS) is 14.5. The first-order chi connectivity index (χ1) is 13.5. The van der Waals surface area contributed by atoms with E-state index in [9.17, 15) is 9.59 Å². The summed E-state index contributed by atoms with van der Waals surface area (Å²) >= 11 is 3.37. The predicted molar refractivity (Wildman–Crippen MR) is 112 cm³/mol. The lowest BCUT2D eigenvalue weighted by Gasteiger charge is -2.23. The largest absolute Gasteiger partial charge is 0.481 e. The molecule has 1 aliphatic rings. The molecule has 0 spiro atoms. The molecule has 0 aromatic heterocycles. The molecule has 1 unspecified atom stereocenters. The van der Waals surface area contributed by atoms with E-state index in [0.717, 1.165) is 36.1 Å². The number of anilines is 2. The number of hydrogen-bond donors (Lipinski definition) is 1. The van der Waals surface area contributed by atoms with Crippen LogP contribution in [0.5, 0.6) is 5.75 Å². The minimum absolute atomic E-state index is 0.287. The number of nitrogens with zero attached hydrogens (tertiary/aromatic N) is 1. The fourth-order valence-corrected chi connectivity index (χ4v) is 3.38. The van der Waals surface area contributed by atoms with Gasteiger partial charge in [-0.3, -0.25) is 4.79 Å². The topological polar surface area (TPSA) is 67.9 Å². The van der Waals surface area contributed by atoms with Gasteiger partial charge in [-0.2, -0.15) is 0 Å². The number of benzene rings is 2. The zero-order chi connectivity index (χ0) is 20.1. The van der Waals surface area contributed by atoms with Crippen molar-refractivity contribution >= 4 is 39.2 Å². The van der Waals surface area contributed by atoms with Crippen LogP contribution in [0.15, 0.2) is 46.9 Å².